The lowest BCUT2D eigenvalue weighted by Gasteiger charge is -1.75. The molecule has 8 heavy (non-hydrogen) atoms. The number of rotatable bonds is 2. The van der Waals surface area contributed by atoms with Gasteiger partial charge < -0.3 is 4.42 Å². The van der Waals surface area contributed by atoms with Crippen LogP contribution in [0.25, 0.3) is 0 Å². The fourth-order valence-electron chi connectivity index (χ4n) is 0.515. The average molecular weight is 110 g/mol. The van der Waals surface area contributed by atoms with Gasteiger partial charge in [-0.15, -0.1) is 0 Å². The van der Waals surface area contributed by atoms with Gasteiger partial charge in [0.15, 0.2) is 12.8 Å². The molecule has 2 heteroatoms. The maximum absolute atomic E-state index is 4.78. The predicted molar refractivity (Wildman–Crippen MR) is 29.1 cm³/mol. The van der Waals surface area contributed by atoms with E-state index < -0.39 is 0 Å². The minimum Gasteiger partial charge on any atom is -0.412 e. The SMILES string of the molecule is C=CC[n+]1ccoc1. The van der Waals surface area contributed by atoms with E-state index in [1.54, 1.807) is 12.7 Å². The molecule has 1 heterocycles. The molecule has 0 radical (unpaired) electrons. The third-order valence-corrected chi connectivity index (χ3v) is 0.867. The molecule has 0 saturated carbocycles. The molecule has 1 aromatic rings. The molecule has 1 rings (SSSR count). The van der Waals surface area contributed by atoms with E-state index in [0.29, 0.717) is 0 Å². The molecule has 0 N–H and O–H groups in total. The zero-order valence-corrected chi connectivity index (χ0v) is 4.58. The monoisotopic (exact) mass is 110 g/mol. The van der Waals surface area contributed by atoms with Crippen molar-refractivity contribution in [2.24, 2.45) is 0 Å². The van der Waals surface area contributed by atoms with Crippen LogP contribution in [0.4, 0.5) is 0 Å². The molecule has 1 aromatic heterocycles. The Morgan fingerprint density at radius 3 is 3.12 bits per heavy atom. The minimum atomic E-state index is 0.816. The van der Waals surface area contributed by atoms with Crippen molar-refractivity contribution in [3.63, 3.8) is 0 Å². The highest BCUT2D eigenvalue weighted by Crippen LogP contribution is 1.75. The van der Waals surface area contributed by atoms with Gasteiger partial charge in [0.2, 0.25) is 6.20 Å². The molecule has 0 aliphatic carbocycles. The van der Waals surface area contributed by atoms with E-state index in [1.807, 2.05) is 16.8 Å². The first-order chi connectivity index (χ1) is 3.93. The summed E-state index contributed by atoms with van der Waals surface area (Å²) in [4.78, 5) is 0. The van der Waals surface area contributed by atoms with Crippen LogP contribution in [0.1, 0.15) is 0 Å². The summed E-state index contributed by atoms with van der Waals surface area (Å²) in [7, 11) is 0. The number of oxazole rings is 1. The van der Waals surface area contributed by atoms with Gasteiger partial charge in [-0.3, -0.25) is 0 Å². The highest BCUT2D eigenvalue weighted by Gasteiger charge is 1.92. The topological polar surface area (TPSA) is 17.0 Å². The van der Waals surface area contributed by atoms with Gasteiger partial charge in [0, 0.05) is 0 Å². The highest BCUT2D eigenvalue weighted by atomic mass is 16.3. The summed E-state index contributed by atoms with van der Waals surface area (Å²) < 4.78 is 6.68. The summed E-state index contributed by atoms with van der Waals surface area (Å²) >= 11 is 0. The van der Waals surface area contributed by atoms with Gasteiger partial charge >= 0.3 is 6.39 Å². The lowest BCUT2D eigenvalue weighted by atomic mass is 10.6. The standard InChI is InChI=1S/C6H8NO/c1-2-3-7-4-5-8-6-7/h2,4-6H,1,3H2/q+1. The second-order valence-corrected chi connectivity index (χ2v) is 1.51. The summed E-state index contributed by atoms with van der Waals surface area (Å²) in [6, 6.07) is 0. The number of aromatic nitrogens is 1. The van der Waals surface area contributed by atoms with Gasteiger partial charge in [-0.1, -0.05) is 6.58 Å². The molecule has 0 saturated heterocycles. The van der Waals surface area contributed by atoms with Gasteiger partial charge in [0.05, 0.1) is 0 Å². The van der Waals surface area contributed by atoms with Crippen molar-refractivity contribution >= 4 is 0 Å². The van der Waals surface area contributed by atoms with Gasteiger partial charge in [-0.25, -0.2) is 0 Å². The maximum Gasteiger partial charge on any atom is 0.334 e. The summed E-state index contributed by atoms with van der Waals surface area (Å²) in [6.45, 7) is 4.39. The Bertz CT molecular complexity index is 155. The van der Waals surface area contributed by atoms with Crippen molar-refractivity contribution < 1.29 is 8.98 Å². The van der Waals surface area contributed by atoms with Gasteiger partial charge in [0.25, 0.3) is 0 Å². The third-order valence-electron chi connectivity index (χ3n) is 0.867. The lowest BCUT2D eigenvalue weighted by molar-refractivity contribution is -0.689. The van der Waals surface area contributed by atoms with Crippen LogP contribution in [-0.2, 0) is 6.54 Å². The zero-order valence-electron chi connectivity index (χ0n) is 4.58. The first-order valence-electron chi connectivity index (χ1n) is 2.45. The molecule has 0 spiro atoms. The Hall–Kier alpha value is -1.05. The van der Waals surface area contributed by atoms with E-state index >= 15 is 0 Å². The van der Waals surface area contributed by atoms with Crippen LogP contribution in [0.15, 0.2) is 35.9 Å². The van der Waals surface area contributed by atoms with Crippen molar-refractivity contribution in [2.45, 2.75) is 6.54 Å². The minimum absolute atomic E-state index is 0.816. The van der Waals surface area contributed by atoms with Crippen molar-refractivity contribution in [2.75, 3.05) is 0 Å². The summed E-state index contributed by atoms with van der Waals surface area (Å²) in [6.07, 6.45) is 6.93. The second kappa shape index (κ2) is 2.31. The molecular weight excluding hydrogens is 102 g/mol. The molecule has 42 valence electrons. The van der Waals surface area contributed by atoms with E-state index in [2.05, 4.69) is 6.58 Å². The van der Waals surface area contributed by atoms with E-state index in [1.165, 1.54) is 0 Å². The quantitative estimate of drug-likeness (QED) is 0.405. The van der Waals surface area contributed by atoms with E-state index in [0.717, 1.165) is 6.54 Å². The number of hydrogen-bond acceptors (Lipinski definition) is 1. The largest absolute Gasteiger partial charge is 0.412 e. The third kappa shape index (κ3) is 0.964. The predicted octanol–water partition coefficient (Wildman–Crippen LogP) is 0.753. The average Bonchev–Trinajstić information content (AvgIpc) is 2.19. The lowest BCUT2D eigenvalue weighted by Crippen LogP contribution is -2.28. The van der Waals surface area contributed by atoms with Crippen molar-refractivity contribution in [1.29, 1.82) is 0 Å². The maximum atomic E-state index is 4.78. The Morgan fingerprint density at radius 1 is 1.75 bits per heavy atom. The molecule has 0 bridgehead atoms. The van der Waals surface area contributed by atoms with Crippen molar-refractivity contribution in [3.05, 3.63) is 31.5 Å². The fourth-order valence-corrected chi connectivity index (χ4v) is 0.515. The Labute approximate surface area is 48.1 Å². The molecular formula is C6H8NO+. The summed E-state index contributed by atoms with van der Waals surface area (Å²) in [5, 5.41) is 0. The van der Waals surface area contributed by atoms with Gasteiger partial charge in [0.1, 0.15) is 0 Å². The fraction of sp³-hybridized carbons (Fsp3) is 0.167. The molecule has 0 fully saturated rings. The van der Waals surface area contributed by atoms with E-state index in [4.69, 9.17) is 4.42 Å². The van der Waals surface area contributed by atoms with Crippen LogP contribution in [0.5, 0.6) is 0 Å². The van der Waals surface area contributed by atoms with Crippen LogP contribution in [-0.4, -0.2) is 0 Å². The zero-order chi connectivity index (χ0) is 5.82. The smallest absolute Gasteiger partial charge is 0.334 e. The molecule has 0 aliphatic rings. The van der Waals surface area contributed by atoms with Crippen LogP contribution in [0.2, 0.25) is 0 Å². The highest BCUT2D eigenvalue weighted by molar-refractivity contribution is 4.58. The number of hydrogen-bond donors (Lipinski definition) is 0. The van der Waals surface area contributed by atoms with E-state index in [-0.39, 0.29) is 0 Å². The molecule has 0 aliphatic heterocycles. The van der Waals surface area contributed by atoms with Gasteiger partial charge in [-0.2, -0.15) is 4.57 Å². The summed E-state index contributed by atoms with van der Waals surface area (Å²) in [5.41, 5.74) is 0. The normalized spacial score (nSPS) is 9.00. The van der Waals surface area contributed by atoms with Gasteiger partial charge in [-0.05, 0) is 6.08 Å². The number of allylic oxidation sites excluding steroid dienone is 1. The Kier molecular flexibility index (Phi) is 1.47. The molecule has 0 amide bonds. The van der Waals surface area contributed by atoms with Crippen molar-refractivity contribution in [1.82, 2.24) is 0 Å². The summed E-state index contributed by atoms with van der Waals surface area (Å²) in [5.74, 6) is 0. The second-order valence-electron chi connectivity index (χ2n) is 1.51. The number of nitrogens with zero attached hydrogens (tertiary/aromatic N) is 1. The van der Waals surface area contributed by atoms with Crippen molar-refractivity contribution in [3.8, 4) is 0 Å². The Morgan fingerprint density at radius 2 is 2.62 bits per heavy atom. The van der Waals surface area contributed by atoms with Crippen LogP contribution in [0.3, 0.4) is 0 Å². The first kappa shape index (κ1) is 5.09. The Balaban J connectivity index is 2.62. The molecule has 0 unspecified atom stereocenters. The molecule has 2 nitrogen and oxygen atoms in total. The van der Waals surface area contributed by atoms with Crippen LogP contribution < -0.4 is 4.57 Å². The first-order valence-corrected chi connectivity index (χ1v) is 2.45. The van der Waals surface area contributed by atoms with Crippen LogP contribution >= 0.6 is 0 Å². The molecule has 0 aromatic carbocycles. The molecule has 0 atom stereocenters. The van der Waals surface area contributed by atoms with E-state index in [9.17, 15) is 0 Å². The van der Waals surface area contributed by atoms with Crippen LogP contribution in [0, 0.1) is 0 Å².